The second kappa shape index (κ2) is 4.66. The third-order valence-corrected chi connectivity index (χ3v) is 2.29. The molecule has 0 atom stereocenters. The van der Waals surface area contributed by atoms with E-state index in [2.05, 4.69) is 0 Å². The van der Waals surface area contributed by atoms with Crippen molar-refractivity contribution < 1.29 is 13.9 Å². The number of carbonyl (C=O) groups is 1. The zero-order valence-electron chi connectivity index (χ0n) is 8.97. The third kappa shape index (κ3) is 1.98. The summed E-state index contributed by atoms with van der Waals surface area (Å²) in [4.78, 5) is 10.9. The van der Waals surface area contributed by atoms with Crippen LogP contribution in [0.4, 0.5) is 0 Å². The fourth-order valence-electron chi connectivity index (χ4n) is 1.56. The number of hydrogen-bond donors (Lipinski definition) is 0. The monoisotopic (exact) mass is 216 g/mol. The first-order valence-electron chi connectivity index (χ1n) is 5.09. The Hall–Kier alpha value is -2.03. The van der Waals surface area contributed by atoms with Gasteiger partial charge in [0.1, 0.15) is 5.75 Å². The van der Waals surface area contributed by atoms with E-state index in [0.717, 1.165) is 23.2 Å². The van der Waals surface area contributed by atoms with Crippen molar-refractivity contribution in [3.63, 3.8) is 0 Å². The molecular formula is C13H12O3. The number of aldehydes is 1. The van der Waals surface area contributed by atoms with Gasteiger partial charge in [-0.15, -0.1) is 0 Å². The molecule has 82 valence electrons. The minimum atomic E-state index is 0.602. The van der Waals surface area contributed by atoms with Crippen molar-refractivity contribution in [1.82, 2.24) is 0 Å². The molecule has 0 saturated heterocycles. The fraction of sp³-hybridized carbons (Fsp3) is 0.154. The van der Waals surface area contributed by atoms with Crippen LogP contribution in [0.1, 0.15) is 17.3 Å². The third-order valence-electron chi connectivity index (χ3n) is 2.29. The van der Waals surface area contributed by atoms with Crippen molar-refractivity contribution in [3.05, 3.63) is 42.4 Å². The molecule has 2 aromatic rings. The minimum absolute atomic E-state index is 0.602. The second-order valence-electron chi connectivity index (χ2n) is 3.31. The van der Waals surface area contributed by atoms with Crippen LogP contribution in [0.5, 0.6) is 5.75 Å². The molecular weight excluding hydrogens is 204 g/mol. The summed E-state index contributed by atoms with van der Waals surface area (Å²) >= 11 is 0. The highest BCUT2D eigenvalue weighted by Crippen LogP contribution is 2.27. The Morgan fingerprint density at radius 3 is 2.88 bits per heavy atom. The Bertz CT molecular complexity index is 472. The molecule has 16 heavy (non-hydrogen) atoms. The smallest absolute Gasteiger partial charge is 0.150 e. The van der Waals surface area contributed by atoms with Crippen molar-refractivity contribution in [3.8, 4) is 16.9 Å². The van der Waals surface area contributed by atoms with Gasteiger partial charge in [-0.3, -0.25) is 4.79 Å². The molecule has 0 aliphatic rings. The van der Waals surface area contributed by atoms with Gasteiger partial charge in [0.25, 0.3) is 0 Å². The van der Waals surface area contributed by atoms with Gasteiger partial charge in [-0.2, -0.15) is 0 Å². The van der Waals surface area contributed by atoms with Gasteiger partial charge in [-0.1, -0.05) is 0 Å². The van der Waals surface area contributed by atoms with E-state index in [-0.39, 0.29) is 0 Å². The molecule has 0 amide bonds. The van der Waals surface area contributed by atoms with Crippen LogP contribution in [0.25, 0.3) is 11.1 Å². The van der Waals surface area contributed by atoms with E-state index < -0.39 is 0 Å². The van der Waals surface area contributed by atoms with Gasteiger partial charge < -0.3 is 9.15 Å². The first kappa shape index (κ1) is 10.5. The van der Waals surface area contributed by atoms with Crippen LogP contribution < -0.4 is 4.74 Å². The van der Waals surface area contributed by atoms with E-state index in [9.17, 15) is 4.79 Å². The molecule has 0 radical (unpaired) electrons. The Balaban J connectivity index is 2.47. The largest absolute Gasteiger partial charge is 0.494 e. The maximum atomic E-state index is 10.9. The molecule has 1 heterocycles. The second-order valence-corrected chi connectivity index (χ2v) is 3.31. The topological polar surface area (TPSA) is 39.4 Å². The SMILES string of the molecule is CCOc1ccc(C=O)c(-c2ccoc2)c1. The van der Waals surface area contributed by atoms with Gasteiger partial charge in [-0.05, 0) is 36.8 Å². The van der Waals surface area contributed by atoms with Crippen molar-refractivity contribution in [2.75, 3.05) is 6.61 Å². The molecule has 0 aliphatic heterocycles. The average molecular weight is 216 g/mol. The van der Waals surface area contributed by atoms with Crippen LogP contribution in [0.15, 0.2) is 41.2 Å². The molecule has 0 fully saturated rings. The van der Waals surface area contributed by atoms with Crippen LogP contribution >= 0.6 is 0 Å². The summed E-state index contributed by atoms with van der Waals surface area (Å²) < 4.78 is 10.4. The van der Waals surface area contributed by atoms with E-state index in [4.69, 9.17) is 9.15 Å². The summed E-state index contributed by atoms with van der Waals surface area (Å²) in [7, 11) is 0. The number of rotatable bonds is 4. The molecule has 0 N–H and O–H groups in total. The number of carbonyl (C=O) groups excluding carboxylic acids is 1. The van der Waals surface area contributed by atoms with Gasteiger partial charge in [0.2, 0.25) is 0 Å². The minimum Gasteiger partial charge on any atom is -0.494 e. The summed E-state index contributed by atoms with van der Waals surface area (Å²) in [5.74, 6) is 0.754. The average Bonchev–Trinajstić information content (AvgIpc) is 2.83. The summed E-state index contributed by atoms with van der Waals surface area (Å²) in [5, 5.41) is 0. The molecule has 1 aromatic heterocycles. The van der Waals surface area contributed by atoms with E-state index in [1.54, 1.807) is 24.7 Å². The van der Waals surface area contributed by atoms with Gasteiger partial charge >= 0.3 is 0 Å². The Kier molecular flexibility index (Phi) is 3.05. The lowest BCUT2D eigenvalue weighted by Gasteiger charge is -2.07. The highest BCUT2D eigenvalue weighted by Gasteiger charge is 2.07. The molecule has 1 aromatic carbocycles. The highest BCUT2D eigenvalue weighted by molar-refractivity contribution is 5.87. The predicted octanol–water partition coefficient (Wildman–Crippen LogP) is 3.16. The predicted molar refractivity (Wildman–Crippen MR) is 60.7 cm³/mol. The number of benzene rings is 1. The number of furan rings is 1. The molecule has 3 heteroatoms. The summed E-state index contributed by atoms with van der Waals surface area (Å²) in [6.07, 6.45) is 4.02. The van der Waals surface area contributed by atoms with Crippen LogP contribution in [-0.4, -0.2) is 12.9 Å². The van der Waals surface area contributed by atoms with Crippen LogP contribution in [0, 0.1) is 0 Å². The fourth-order valence-corrected chi connectivity index (χ4v) is 1.56. The van der Waals surface area contributed by atoms with Crippen molar-refractivity contribution >= 4 is 6.29 Å². The molecule has 0 saturated carbocycles. The Morgan fingerprint density at radius 2 is 2.25 bits per heavy atom. The molecule has 3 nitrogen and oxygen atoms in total. The normalized spacial score (nSPS) is 10.1. The number of ether oxygens (including phenoxy) is 1. The zero-order chi connectivity index (χ0) is 11.4. The van der Waals surface area contributed by atoms with Crippen molar-refractivity contribution in [2.45, 2.75) is 6.92 Å². The van der Waals surface area contributed by atoms with E-state index >= 15 is 0 Å². The van der Waals surface area contributed by atoms with Crippen LogP contribution in [0.2, 0.25) is 0 Å². The van der Waals surface area contributed by atoms with Crippen LogP contribution in [0.3, 0.4) is 0 Å². The lowest BCUT2D eigenvalue weighted by atomic mass is 10.0. The van der Waals surface area contributed by atoms with E-state index in [1.807, 2.05) is 19.1 Å². The molecule has 0 spiro atoms. The summed E-state index contributed by atoms with van der Waals surface area (Å²) in [6.45, 7) is 2.52. The van der Waals surface area contributed by atoms with Gasteiger partial charge in [0, 0.05) is 11.1 Å². The molecule has 0 bridgehead atoms. The Morgan fingerprint density at radius 1 is 1.38 bits per heavy atom. The summed E-state index contributed by atoms with van der Waals surface area (Å²) in [6, 6.07) is 7.20. The maximum absolute atomic E-state index is 10.9. The van der Waals surface area contributed by atoms with Crippen molar-refractivity contribution in [1.29, 1.82) is 0 Å². The highest BCUT2D eigenvalue weighted by atomic mass is 16.5. The first-order chi connectivity index (χ1) is 7.85. The lowest BCUT2D eigenvalue weighted by molar-refractivity contribution is 0.112. The summed E-state index contributed by atoms with van der Waals surface area (Å²) in [5.41, 5.74) is 2.34. The standard InChI is InChI=1S/C13H12O3/c1-2-16-12-4-3-10(8-14)13(7-12)11-5-6-15-9-11/h3-9H,2H2,1H3. The first-order valence-corrected chi connectivity index (χ1v) is 5.09. The quantitative estimate of drug-likeness (QED) is 0.737. The van der Waals surface area contributed by atoms with E-state index in [0.29, 0.717) is 12.2 Å². The number of hydrogen-bond acceptors (Lipinski definition) is 3. The van der Waals surface area contributed by atoms with Crippen LogP contribution in [-0.2, 0) is 0 Å². The van der Waals surface area contributed by atoms with Gasteiger partial charge in [-0.25, -0.2) is 0 Å². The Labute approximate surface area is 93.7 Å². The molecule has 2 rings (SSSR count). The maximum Gasteiger partial charge on any atom is 0.150 e. The van der Waals surface area contributed by atoms with Crippen molar-refractivity contribution in [2.24, 2.45) is 0 Å². The van der Waals surface area contributed by atoms with E-state index in [1.165, 1.54) is 0 Å². The molecule has 0 aliphatic carbocycles. The molecule has 0 unspecified atom stereocenters. The van der Waals surface area contributed by atoms with Gasteiger partial charge in [0.15, 0.2) is 6.29 Å². The lowest BCUT2D eigenvalue weighted by Crippen LogP contribution is -1.93. The van der Waals surface area contributed by atoms with Gasteiger partial charge in [0.05, 0.1) is 19.1 Å². The zero-order valence-corrected chi connectivity index (χ0v) is 8.97.